The topological polar surface area (TPSA) is 134 Å². The second kappa shape index (κ2) is 29.3. The second-order valence-corrected chi connectivity index (χ2v) is 33.4. The number of allylic oxidation sites excluding steroid dienone is 1. The van der Waals surface area contributed by atoms with Crippen LogP contribution in [-0.2, 0) is 59.3 Å². The number of hydrogen-bond donors (Lipinski definition) is 0. The van der Waals surface area contributed by atoms with E-state index in [-0.39, 0.29) is 48.9 Å². The minimum atomic E-state index is -0.644. The quantitative estimate of drug-likeness (QED) is 0.0152. The summed E-state index contributed by atoms with van der Waals surface area (Å²) < 4.78 is 58.0. The third kappa shape index (κ3) is 15.7. The highest BCUT2D eigenvalue weighted by atomic mass is 127. The van der Waals surface area contributed by atoms with Gasteiger partial charge in [0.1, 0.15) is 71.1 Å². The van der Waals surface area contributed by atoms with E-state index in [1.165, 1.54) is 64.2 Å². The summed E-state index contributed by atoms with van der Waals surface area (Å²) >= 11 is 4.50. The molecule has 15 heteroatoms. The average molecular weight is 1530 g/mol. The Kier molecular flexibility index (Phi) is 21.3. The highest BCUT2D eigenvalue weighted by Crippen LogP contribution is 2.61. The number of benzene rings is 6. The molecule has 504 valence electrons. The molecule has 8 aliphatic rings. The summed E-state index contributed by atoms with van der Waals surface area (Å²) in [5, 5.41) is 0. The number of carbonyl (C=O) groups is 3. The van der Waals surface area contributed by atoms with Crippen LogP contribution in [0.5, 0.6) is 34.5 Å². The van der Waals surface area contributed by atoms with Crippen LogP contribution < -0.4 is 28.4 Å². The summed E-state index contributed by atoms with van der Waals surface area (Å²) in [6, 6.07) is 37.3. The Bertz CT molecular complexity index is 3470. The molecule has 0 aromatic heterocycles. The molecule has 0 saturated heterocycles. The lowest BCUT2D eigenvalue weighted by Gasteiger charge is -2.59. The zero-order valence-electron chi connectivity index (χ0n) is 56.7. The van der Waals surface area contributed by atoms with Gasteiger partial charge in [-0.1, -0.05) is 13.0 Å². The van der Waals surface area contributed by atoms with Crippen molar-refractivity contribution in [1.29, 1.82) is 0 Å². The molecule has 0 heterocycles. The number of aryl methyl sites for hydroxylation is 4. The normalized spacial score (nSPS) is 25.1. The minimum absolute atomic E-state index is 0.109. The lowest BCUT2D eigenvalue weighted by molar-refractivity contribution is -0.205. The first-order valence-electron chi connectivity index (χ1n) is 34.3. The predicted octanol–water partition coefficient (Wildman–Crippen LogP) is 18.5. The van der Waals surface area contributed by atoms with Crippen LogP contribution in [0.25, 0.3) is 0 Å². The Balaban J connectivity index is 0.690. The van der Waals surface area contributed by atoms with Gasteiger partial charge in [-0.15, -0.1) is 6.58 Å². The van der Waals surface area contributed by atoms with Crippen LogP contribution in [0.1, 0.15) is 151 Å². The van der Waals surface area contributed by atoms with Crippen LogP contribution in [0.2, 0.25) is 0 Å². The van der Waals surface area contributed by atoms with E-state index in [2.05, 4.69) is 133 Å². The van der Waals surface area contributed by atoms with Crippen LogP contribution in [-0.4, -0.2) is 54.5 Å². The van der Waals surface area contributed by atoms with Crippen LogP contribution in [0.3, 0.4) is 0 Å². The molecule has 1 atom stereocenters. The largest absolute Gasteiger partial charge is 0.489 e. The molecule has 95 heavy (non-hydrogen) atoms. The summed E-state index contributed by atoms with van der Waals surface area (Å²) in [4.78, 5) is 43.0. The Labute approximate surface area is 592 Å². The Morgan fingerprint density at radius 1 is 0.495 bits per heavy atom. The molecule has 6 aromatic rings. The van der Waals surface area contributed by atoms with Gasteiger partial charge in [-0.2, -0.15) is 0 Å². The highest BCUT2D eigenvalue weighted by Gasteiger charge is 2.58. The average Bonchev–Trinajstić information content (AvgIpc) is 0.741. The summed E-state index contributed by atoms with van der Waals surface area (Å²) in [5.41, 5.74) is 5.33. The van der Waals surface area contributed by atoms with Gasteiger partial charge in [0.05, 0.1) is 18.0 Å². The number of ether oxygens (including phenoxy) is 9. The van der Waals surface area contributed by atoms with E-state index >= 15 is 0 Å². The summed E-state index contributed by atoms with van der Waals surface area (Å²) in [6.07, 6.45) is 15.6. The van der Waals surface area contributed by atoms with Gasteiger partial charge in [0.25, 0.3) is 0 Å². The first-order chi connectivity index (χ1) is 45.5. The Morgan fingerprint density at radius 3 is 1.14 bits per heavy atom. The summed E-state index contributed by atoms with van der Waals surface area (Å²) in [6.45, 7) is 22.9. The Hall–Kier alpha value is -5.92. The molecule has 6 aromatic carbocycles. The van der Waals surface area contributed by atoms with Crippen LogP contribution in [0, 0.1) is 88.1 Å². The molecule has 8 fully saturated rings. The first kappa shape index (κ1) is 69.0. The maximum atomic E-state index is 13.4. The number of hydrogen-bond acceptors (Lipinski definition) is 12. The van der Waals surface area contributed by atoms with Crippen LogP contribution in [0.15, 0.2) is 137 Å². The molecule has 0 spiro atoms. The molecule has 14 rings (SSSR count). The molecular weight excluding hydrogens is 1440 g/mol. The van der Waals surface area contributed by atoms with Gasteiger partial charge in [-0.25, -0.2) is 14.4 Å². The third-order valence-corrected chi connectivity index (χ3v) is 25.8. The number of carbonyl (C=O) groups excluding carboxylic acids is 3. The zero-order valence-corrected chi connectivity index (χ0v) is 61.8. The summed E-state index contributed by atoms with van der Waals surface area (Å²) in [7, 11) is -0.538. The molecule has 8 aliphatic carbocycles. The highest BCUT2D eigenvalue weighted by molar-refractivity contribution is 14.1. The number of rotatable bonds is 28. The van der Waals surface area contributed by atoms with E-state index < -0.39 is 22.5 Å². The fourth-order valence-corrected chi connectivity index (χ4v) is 21.8. The maximum absolute atomic E-state index is 13.4. The second-order valence-electron chi connectivity index (χ2n) is 29.1. The third-order valence-electron chi connectivity index (χ3n) is 22.0. The van der Waals surface area contributed by atoms with Crippen molar-refractivity contribution in [2.45, 2.75) is 191 Å². The number of esters is 3. The molecule has 12 nitrogen and oxygen atoms in total. The molecule has 0 N–H and O–H groups in total. The van der Waals surface area contributed by atoms with E-state index in [1.54, 1.807) is 0 Å². The fourth-order valence-electron chi connectivity index (χ4n) is 17.5. The van der Waals surface area contributed by atoms with Crippen molar-refractivity contribution < 1.29 is 57.0 Å². The lowest BCUT2D eigenvalue weighted by atomic mass is 9.50. The van der Waals surface area contributed by atoms with Gasteiger partial charge in [0, 0.05) is 5.92 Å². The molecule has 8 saturated carbocycles. The van der Waals surface area contributed by atoms with Gasteiger partial charge in [0.2, 0.25) is 0 Å². The van der Waals surface area contributed by atoms with Crippen LogP contribution >= 0.6 is 45.2 Å². The van der Waals surface area contributed by atoms with Crippen molar-refractivity contribution in [3.63, 3.8) is 0 Å². The minimum Gasteiger partial charge on any atom is -0.489 e. The van der Waals surface area contributed by atoms with Gasteiger partial charge in [-0.05, 0) is 373 Å². The smallest absolute Gasteiger partial charge is 0.344 e. The SMILES string of the molecule is C=CCC(CC)C(C)(C)OC(=O)COc1c(I)cc(COc2ccc([S+](c3ccc(OCc4cc(C)c(OCC(=O)OC5(C)C6CC7CC(C6)CC5C7)c(C)c4)cc3)c3ccc(OCc4cc(C)c(OCC(=O)OC5(C)C6CC7CC(C6)CC5C7)c(C)c4)cc3)cc2)cc1I. The van der Waals surface area contributed by atoms with Crippen molar-refractivity contribution in [2.75, 3.05) is 19.8 Å². The first-order valence-corrected chi connectivity index (χ1v) is 37.7. The van der Waals surface area contributed by atoms with E-state index in [0.717, 1.165) is 115 Å². The van der Waals surface area contributed by atoms with E-state index in [0.29, 0.717) is 60.7 Å². The van der Waals surface area contributed by atoms with Gasteiger partial charge < -0.3 is 42.6 Å². The van der Waals surface area contributed by atoms with Gasteiger partial charge in [0.15, 0.2) is 34.5 Å². The van der Waals surface area contributed by atoms with Gasteiger partial charge in [-0.3, -0.25) is 0 Å². The van der Waals surface area contributed by atoms with Crippen molar-refractivity contribution in [2.24, 2.45) is 53.3 Å². The van der Waals surface area contributed by atoms with Crippen molar-refractivity contribution >= 4 is 74.0 Å². The van der Waals surface area contributed by atoms with E-state index in [4.69, 9.17) is 42.6 Å². The van der Waals surface area contributed by atoms with Crippen molar-refractivity contribution in [3.8, 4) is 34.5 Å². The zero-order chi connectivity index (χ0) is 66.9. The molecule has 0 radical (unpaired) electrons. The maximum Gasteiger partial charge on any atom is 0.344 e. The standard InChI is InChI=1S/C80H93I2O12S/c1-11-13-59(12-2)78(7,8)92-72(83)45-91-77-70(81)40-58(41-71(77)82)44-88-66-18-24-69(25-19-66)95(67-20-14-64(15-21-67)86-42-56-26-48(3)75(49(4)27-56)89-46-73(84)93-79(9)60-32-52-30-53(34-60)35-61(79)33-52)68-22-16-65(17-23-68)87-43-57-28-50(5)76(51(6)29-57)90-47-74(85)94-80(10)62-36-54-31-55(38-62)39-63(80)37-54/h11,14-29,40-41,52-55,59-63H,1,12-13,30-39,42-47H2,2-10H3/q+1. The van der Waals surface area contributed by atoms with Gasteiger partial charge >= 0.3 is 17.9 Å². The molecule has 0 aliphatic heterocycles. The molecular formula is C80H93I2O12S+. The van der Waals surface area contributed by atoms with E-state index in [1.807, 2.05) is 96.1 Å². The fraction of sp³-hybridized carbons (Fsp3) is 0.487. The van der Waals surface area contributed by atoms with Crippen molar-refractivity contribution in [1.82, 2.24) is 0 Å². The van der Waals surface area contributed by atoms with E-state index in [9.17, 15) is 14.4 Å². The molecule has 8 bridgehead atoms. The predicted molar refractivity (Wildman–Crippen MR) is 387 cm³/mol. The van der Waals surface area contributed by atoms with Crippen LogP contribution in [0.4, 0.5) is 0 Å². The molecule has 1 unspecified atom stereocenters. The van der Waals surface area contributed by atoms with Crippen molar-refractivity contribution in [3.05, 3.63) is 168 Å². The Morgan fingerprint density at radius 2 is 0.811 bits per heavy atom. The lowest BCUT2D eigenvalue weighted by Crippen LogP contribution is -2.58. The molecule has 0 amide bonds. The number of halogens is 2. The summed E-state index contributed by atoms with van der Waals surface area (Å²) in [5.74, 6) is 8.48. The monoisotopic (exact) mass is 1530 g/mol.